The fraction of sp³-hybridized carbons (Fsp3) is 0.333. The van der Waals surface area contributed by atoms with Crippen LogP contribution in [0.4, 0.5) is 25.0 Å². The van der Waals surface area contributed by atoms with E-state index in [1.54, 1.807) is 25.4 Å². The van der Waals surface area contributed by atoms with E-state index in [1.165, 1.54) is 30.3 Å². The summed E-state index contributed by atoms with van der Waals surface area (Å²) in [5.74, 6) is -1.49. The number of nitrogens with one attached hydrogen (secondary N) is 2. The summed E-state index contributed by atoms with van der Waals surface area (Å²) in [4.78, 5) is 17.6. The third-order valence-electron chi connectivity index (χ3n) is 3.11. The zero-order chi connectivity index (χ0) is 17.2. The highest BCUT2D eigenvalue weighted by atomic mass is 32.1. The molecule has 2 amide bonds. The lowest BCUT2D eigenvalue weighted by molar-refractivity contribution is 0.242. The van der Waals surface area contributed by atoms with Gasteiger partial charge in [-0.15, -0.1) is 11.3 Å². The molecule has 0 aliphatic rings. The summed E-state index contributed by atoms with van der Waals surface area (Å²) in [5, 5.41) is 7.70. The molecule has 2 N–H and O–H groups in total. The average Bonchev–Trinajstić information content (AvgIpc) is 2.90. The monoisotopic (exact) mass is 340 g/mol. The van der Waals surface area contributed by atoms with Crippen molar-refractivity contribution in [3.8, 4) is 0 Å². The highest BCUT2D eigenvalue weighted by molar-refractivity contribution is 7.09. The molecular weight excluding hydrogens is 322 g/mol. The molecule has 0 radical (unpaired) electrons. The summed E-state index contributed by atoms with van der Waals surface area (Å²) in [5.41, 5.74) is -0.809. The van der Waals surface area contributed by atoms with E-state index < -0.39 is 23.2 Å². The minimum atomic E-state index is -0.746. The van der Waals surface area contributed by atoms with Gasteiger partial charge in [0.1, 0.15) is 10.7 Å². The molecule has 0 fully saturated rings. The Morgan fingerprint density at radius 2 is 1.87 bits per heavy atom. The summed E-state index contributed by atoms with van der Waals surface area (Å²) in [6, 6.07) is 1.59. The number of hydrogen-bond donors (Lipinski definition) is 2. The molecule has 2 aromatic rings. The first-order chi connectivity index (χ1) is 10.7. The number of urea groups is 1. The van der Waals surface area contributed by atoms with Crippen molar-refractivity contribution in [2.45, 2.75) is 19.4 Å². The Balaban J connectivity index is 2.12. The van der Waals surface area contributed by atoms with E-state index in [0.29, 0.717) is 0 Å². The molecule has 124 valence electrons. The molecule has 23 heavy (non-hydrogen) atoms. The lowest BCUT2D eigenvalue weighted by Gasteiger charge is -2.24. The lowest BCUT2D eigenvalue weighted by atomic mass is 10.1. The van der Waals surface area contributed by atoms with Crippen LogP contribution in [0.1, 0.15) is 18.9 Å². The predicted molar refractivity (Wildman–Crippen MR) is 88.0 cm³/mol. The highest BCUT2D eigenvalue weighted by Crippen LogP contribution is 2.26. The summed E-state index contributed by atoms with van der Waals surface area (Å²) >= 11 is 1.41. The molecule has 8 heteroatoms. The summed E-state index contributed by atoms with van der Waals surface area (Å²) < 4.78 is 27.8. The molecule has 0 aliphatic carbocycles. The summed E-state index contributed by atoms with van der Waals surface area (Å²) in [7, 11) is 3.08. The van der Waals surface area contributed by atoms with Gasteiger partial charge in [-0.05, 0) is 26.0 Å². The van der Waals surface area contributed by atoms with Crippen molar-refractivity contribution >= 4 is 28.7 Å². The molecule has 1 aromatic carbocycles. The molecule has 1 heterocycles. The first-order valence-electron chi connectivity index (χ1n) is 6.86. The number of amides is 2. The van der Waals surface area contributed by atoms with Crippen LogP contribution in [-0.4, -0.2) is 25.1 Å². The van der Waals surface area contributed by atoms with Crippen LogP contribution in [0.15, 0.2) is 23.7 Å². The van der Waals surface area contributed by atoms with Crippen molar-refractivity contribution < 1.29 is 13.6 Å². The van der Waals surface area contributed by atoms with Crippen molar-refractivity contribution in [3.63, 3.8) is 0 Å². The van der Waals surface area contributed by atoms with E-state index in [2.05, 4.69) is 15.6 Å². The van der Waals surface area contributed by atoms with Crippen LogP contribution in [0.3, 0.4) is 0 Å². The number of halogens is 2. The molecule has 0 spiro atoms. The number of aromatic nitrogens is 1. The molecule has 1 aromatic heterocycles. The number of thiazole rings is 1. The van der Waals surface area contributed by atoms with E-state index in [1.807, 2.05) is 0 Å². The van der Waals surface area contributed by atoms with Crippen LogP contribution < -0.4 is 15.5 Å². The summed E-state index contributed by atoms with van der Waals surface area (Å²) in [6.45, 7) is 3.59. The molecular formula is C15H18F2N4OS. The van der Waals surface area contributed by atoms with Gasteiger partial charge in [-0.25, -0.2) is 18.6 Å². The van der Waals surface area contributed by atoms with E-state index in [-0.39, 0.29) is 11.4 Å². The van der Waals surface area contributed by atoms with E-state index in [0.717, 1.165) is 17.1 Å². The van der Waals surface area contributed by atoms with Crippen LogP contribution in [0.5, 0.6) is 0 Å². The second-order valence-corrected chi connectivity index (χ2v) is 6.62. The van der Waals surface area contributed by atoms with Gasteiger partial charge in [0.05, 0.1) is 5.54 Å². The Bertz CT molecular complexity index is 679. The van der Waals surface area contributed by atoms with Crippen LogP contribution in [0, 0.1) is 11.6 Å². The van der Waals surface area contributed by atoms with Gasteiger partial charge in [0, 0.05) is 31.4 Å². The van der Waals surface area contributed by atoms with Gasteiger partial charge in [0.25, 0.3) is 0 Å². The Labute approximate surface area is 137 Å². The zero-order valence-corrected chi connectivity index (χ0v) is 14.1. The minimum absolute atomic E-state index is 0.0399. The number of benzene rings is 1. The maximum atomic E-state index is 13.9. The average molecular weight is 340 g/mol. The van der Waals surface area contributed by atoms with Gasteiger partial charge >= 0.3 is 6.03 Å². The molecule has 0 atom stereocenters. The van der Waals surface area contributed by atoms with Gasteiger partial charge in [-0.1, -0.05) is 0 Å². The van der Waals surface area contributed by atoms with Crippen molar-refractivity contribution in [1.29, 1.82) is 0 Å². The van der Waals surface area contributed by atoms with Gasteiger partial charge in [-0.2, -0.15) is 0 Å². The number of anilines is 2. The molecule has 0 saturated carbocycles. The Morgan fingerprint density at radius 3 is 2.35 bits per heavy atom. The van der Waals surface area contributed by atoms with E-state index in [9.17, 15) is 13.6 Å². The van der Waals surface area contributed by atoms with Gasteiger partial charge < -0.3 is 15.5 Å². The first kappa shape index (κ1) is 17.1. The zero-order valence-electron chi connectivity index (χ0n) is 13.3. The van der Waals surface area contributed by atoms with Gasteiger partial charge in [0.15, 0.2) is 11.6 Å². The number of carbonyl (C=O) groups excluding carboxylic acids is 1. The second-order valence-electron chi connectivity index (χ2n) is 5.72. The minimum Gasteiger partial charge on any atom is -0.373 e. The fourth-order valence-electron chi connectivity index (χ4n) is 2.10. The first-order valence-corrected chi connectivity index (χ1v) is 7.74. The van der Waals surface area contributed by atoms with Gasteiger partial charge in [-0.3, -0.25) is 0 Å². The summed E-state index contributed by atoms with van der Waals surface area (Å²) in [6.07, 6.45) is 1.64. The molecule has 0 bridgehead atoms. The van der Waals surface area contributed by atoms with Crippen LogP contribution in [0.2, 0.25) is 0 Å². The molecule has 5 nitrogen and oxygen atoms in total. The Hall–Kier alpha value is -2.22. The predicted octanol–water partition coefficient (Wildman–Crippen LogP) is 3.54. The fourth-order valence-corrected chi connectivity index (χ4v) is 2.81. The number of hydrogen-bond acceptors (Lipinski definition) is 4. The third-order valence-corrected chi connectivity index (χ3v) is 4.21. The number of carbonyl (C=O) groups is 1. The Kier molecular flexibility index (Phi) is 4.84. The normalized spacial score (nSPS) is 11.2. The second kappa shape index (κ2) is 6.49. The van der Waals surface area contributed by atoms with E-state index in [4.69, 9.17) is 0 Å². The lowest BCUT2D eigenvalue weighted by Crippen LogP contribution is -2.43. The van der Waals surface area contributed by atoms with Crippen molar-refractivity contribution in [3.05, 3.63) is 40.4 Å². The van der Waals surface area contributed by atoms with Crippen LogP contribution in [-0.2, 0) is 5.54 Å². The van der Waals surface area contributed by atoms with E-state index >= 15 is 0 Å². The molecule has 2 rings (SSSR count). The SMILES string of the molecule is CN(C)c1c(F)cc(NC(=O)NC(C)(C)c2nccs2)cc1F. The van der Waals surface area contributed by atoms with Crippen molar-refractivity contribution in [2.24, 2.45) is 0 Å². The topological polar surface area (TPSA) is 57.3 Å². The molecule has 0 unspecified atom stereocenters. The van der Waals surface area contributed by atoms with Crippen molar-refractivity contribution in [2.75, 3.05) is 24.3 Å². The highest BCUT2D eigenvalue weighted by Gasteiger charge is 2.25. The molecule has 0 aliphatic heterocycles. The number of rotatable bonds is 4. The third kappa shape index (κ3) is 3.95. The Morgan fingerprint density at radius 1 is 1.26 bits per heavy atom. The molecule has 0 saturated heterocycles. The standard InChI is InChI=1S/C15H18F2N4OS/c1-15(2,13-18-5-6-23-13)20-14(22)19-9-7-10(16)12(21(3)4)11(17)8-9/h5-8H,1-4H3,(H2,19,20,22). The quantitative estimate of drug-likeness (QED) is 0.895. The maximum absolute atomic E-state index is 13.9. The van der Waals surface area contributed by atoms with Crippen molar-refractivity contribution in [1.82, 2.24) is 10.3 Å². The van der Waals surface area contributed by atoms with Crippen LogP contribution >= 0.6 is 11.3 Å². The number of nitrogens with zero attached hydrogens (tertiary/aromatic N) is 2. The largest absolute Gasteiger partial charge is 0.373 e. The van der Waals surface area contributed by atoms with Gasteiger partial charge in [0.2, 0.25) is 0 Å². The maximum Gasteiger partial charge on any atom is 0.319 e. The smallest absolute Gasteiger partial charge is 0.319 e. The van der Waals surface area contributed by atoms with Crippen LogP contribution in [0.25, 0.3) is 0 Å².